The molecule has 0 aliphatic carbocycles. The third-order valence-corrected chi connectivity index (χ3v) is 4.52. The second kappa shape index (κ2) is 7.55. The van der Waals surface area contributed by atoms with E-state index in [9.17, 15) is 14.9 Å². The van der Waals surface area contributed by atoms with Crippen LogP contribution in [0, 0.1) is 24.0 Å². The molecule has 0 aromatic heterocycles. The number of anilines is 1. The predicted molar refractivity (Wildman–Crippen MR) is 90.7 cm³/mol. The number of nitrogens with zero attached hydrogens (tertiary/aromatic N) is 2. The molecule has 1 aliphatic heterocycles. The van der Waals surface area contributed by atoms with Gasteiger partial charge in [-0.25, -0.2) is 0 Å². The minimum atomic E-state index is -0.408. The van der Waals surface area contributed by atoms with Gasteiger partial charge in [0.15, 0.2) is 0 Å². The molecule has 1 aromatic carbocycles. The van der Waals surface area contributed by atoms with Gasteiger partial charge >= 0.3 is 0 Å². The number of likely N-dealkylation sites (tertiary alicyclic amines) is 1. The van der Waals surface area contributed by atoms with E-state index >= 15 is 0 Å². The number of amides is 1. The van der Waals surface area contributed by atoms with Crippen LogP contribution < -0.4 is 5.32 Å². The molecule has 1 aliphatic rings. The number of carbonyl (C=O) groups is 1. The lowest BCUT2D eigenvalue weighted by Gasteiger charge is -2.34. The van der Waals surface area contributed by atoms with Crippen LogP contribution in [0.15, 0.2) is 12.1 Å². The van der Waals surface area contributed by atoms with Crippen LogP contribution in [-0.4, -0.2) is 34.9 Å². The number of aryl methyl sites for hydroxylation is 1. The lowest BCUT2D eigenvalue weighted by molar-refractivity contribution is -0.385. The van der Waals surface area contributed by atoms with Crippen LogP contribution in [0.3, 0.4) is 0 Å². The smallest absolute Gasteiger partial charge is 0.274 e. The fraction of sp³-hybridized carbons (Fsp3) is 0.588. The molecule has 0 bridgehead atoms. The van der Waals surface area contributed by atoms with Crippen molar-refractivity contribution >= 4 is 17.3 Å². The van der Waals surface area contributed by atoms with Crippen molar-refractivity contribution in [2.75, 3.05) is 18.4 Å². The summed E-state index contributed by atoms with van der Waals surface area (Å²) in [6.07, 6.45) is 4.03. The highest BCUT2D eigenvalue weighted by Gasteiger charge is 2.29. The largest absolute Gasteiger partial charge is 0.324 e. The number of hydrogen-bond acceptors (Lipinski definition) is 4. The molecule has 1 unspecified atom stereocenters. The Bertz CT molecular complexity index is 599. The van der Waals surface area contributed by atoms with Gasteiger partial charge in [-0.3, -0.25) is 19.8 Å². The number of nitrogens with one attached hydrogen (secondary N) is 1. The van der Waals surface area contributed by atoms with Gasteiger partial charge in [0.25, 0.3) is 5.69 Å². The van der Waals surface area contributed by atoms with E-state index < -0.39 is 4.92 Å². The molecule has 23 heavy (non-hydrogen) atoms. The molecule has 0 spiro atoms. The Kier molecular flexibility index (Phi) is 5.71. The number of benzene rings is 1. The molecule has 1 heterocycles. The minimum absolute atomic E-state index is 0.0416. The molecule has 1 amide bonds. The quantitative estimate of drug-likeness (QED) is 0.666. The zero-order valence-corrected chi connectivity index (χ0v) is 14.1. The number of piperidine rings is 1. The van der Waals surface area contributed by atoms with Gasteiger partial charge in [-0.2, -0.15) is 0 Å². The predicted octanol–water partition coefficient (Wildman–Crippen LogP) is 3.41. The third-order valence-electron chi connectivity index (χ3n) is 4.52. The molecule has 1 saturated heterocycles. The number of nitro benzene ring substituents is 1. The van der Waals surface area contributed by atoms with Crippen LogP contribution in [0.2, 0.25) is 0 Å². The molecule has 0 radical (unpaired) electrons. The molecule has 2 rings (SSSR count). The van der Waals surface area contributed by atoms with Crippen molar-refractivity contribution in [3.8, 4) is 0 Å². The first-order valence-corrected chi connectivity index (χ1v) is 8.25. The van der Waals surface area contributed by atoms with E-state index in [0.29, 0.717) is 11.3 Å². The lowest BCUT2D eigenvalue weighted by atomic mass is 10.00. The van der Waals surface area contributed by atoms with Crippen molar-refractivity contribution in [1.29, 1.82) is 0 Å². The lowest BCUT2D eigenvalue weighted by Crippen LogP contribution is -2.47. The highest BCUT2D eigenvalue weighted by atomic mass is 16.6. The molecule has 0 saturated carbocycles. The Morgan fingerprint density at radius 1 is 1.39 bits per heavy atom. The molecule has 1 fully saturated rings. The van der Waals surface area contributed by atoms with Gasteiger partial charge in [-0.15, -0.1) is 0 Å². The Labute approximate surface area is 137 Å². The number of rotatable bonds is 5. The monoisotopic (exact) mass is 319 g/mol. The van der Waals surface area contributed by atoms with E-state index in [1.54, 1.807) is 13.0 Å². The summed E-state index contributed by atoms with van der Waals surface area (Å²) in [5.41, 5.74) is 1.98. The van der Waals surface area contributed by atoms with Gasteiger partial charge < -0.3 is 5.32 Å². The van der Waals surface area contributed by atoms with Crippen molar-refractivity contribution in [3.05, 3.63) is 33.4 Å². The van der Waals surface area contributed by atoms with Crippen LogP contribution >= 0.6 is 0 Å². The molecule has 1 atom stereocenters. The second-order valence-electron chi connectivity index (χ2n) is 6.20. The maximum Gasteiger partial charge on any atom is 0.274 e. The first-order valence-electron chi connectivity index (χ1n) is 8.25. The standard InChI is InChI=1S/C17H25N3O3/c1-4-10-19-11-6-5-7-15(19)17(21)18-16-12(2)8-9-14(13(16)3)20(22)23/h8-9,15H,4-7,10-11H2,1-3H3,(H,18,21). The second-order valence-corrected chi connectivity index (χ2v) is 6.20. The Balaban J connectivity index is 2.22. The zero-order chi connectivity index (χ0) is 17.0. The van der Waals surface area contributed by atoms with Gasteiger partial charge in [-0.05, 0) is 51.8 Å². The van der Waals surface area contributed by atoms with Crippen molar-refractivity contribution in [1.82, 2.24) is 4.90 Å². The molecule has 6 heteroatoms. The molecule has 1 N–H and O–H groups in total. The Morgan fingerprint density at radius 3 is 2.78 bits per heavy atom. The van der Waals surface area contributed by atoms with Crippen LogP contribution in [0.1, 0.15) is 43.7 Å². The highest BCUT2D eigenvalue weighted by Crippen LogP contribution is 2.29. The van der Waals surface area contributed by atoms with E-state index in [1.807, 2.05) is 6.92 Å². The average molecular weight is 319 g/mol. The first kappa shape index (κ1) is 17.4. The van der Waals surface area contributed by atoms with E-state index in [1.165, 1.54) is 6.07 Å². The first-order chi connectivity index (χ1) is 11.0. The minimum Gasteiger partial charge on any atom is -0.324 e. The van der Waals surface area contributed by atoms with Crippen molar-refractivity contribution in [2.45, 2.75) is 52.5 Å². The summed E-state index contributed by atoms with van der Waals surface area (Å²) in [7, 11) is 0. The number of nitro groups is 1. The van der Waals surface area contributed by atoms with Gasteiger partial charge in [0, 0.05) is 6.07 Å². The Morgan fingerprint density at radius 2 is 2.13 bits per heavy atom. The maximum absolute atomic E-state index is 12.7. The Hall–Kier alpha value is -1.95. The maximum atomic E-state index is 12.7. The summed E-state index contributed by atoms with van der Waals surface area (Å²) in [5.74, 6) is -0.0511. The van der Waals surface area contributed by atoms with Gasteiger partial charge in [-0.1, -0.05) is 19.4 Å². The molecule has 126 valence electrons. The van der Waals surface area contributed by atoms with Crippen molar-refractivity contribution in [2.24, 2.45) is 0 Å². The molecular formula is C17H25N3O3. The van der Waals surface area contributed by atoms with E-state index in [0.717, 1.165) is 44.3 Å². The van der Waals surface area contributed by atoms with Crippen LogP contribution in [-0.2, 0) is 4.79 Å². The molecule has 1 aromatic rings. The number of carbonyl (C=O) groups excluding carboxylic acids is 1. The average Bonchev–Trinajstić information content (AvgIpc) is 2.51. The van der Waals surface area contributed by atoms with Crippen LogP contribution in [0.4, 0.5) is 11.4 Å². The van der Waals surface area contributed by atoms with Crippen LogP contribution in [0.5, 0.6) is 0 Å². The van der Waals surface area contributed by atoms with E-state index in [4.69, 9.17) is 0 Å². The summed E-state index contributed by atoms with van der Waals surface area (Å²) >= 11 is 0. The highest BCUT2D eigenvalue weighted by molar-refractivity contribution is 5.96. The summed E-state index contributed by atoms with van der Waals surface area (Å²) in [6, 6.07) is 3.04. The number of hydrogen-bond donors (Lipinski definition) is 1. The fourth-order valence-electron chi connectivity index (χ4n) is 3.28. The van der Waals surface area contributed by atoms with Gasteiger partial charge in [0.1, 0.15) is 0 Å². The third kappa shape index (κ3) is 3.88. The van der Waals surface area contributed by atoms with E-state index in [2.05, 4.69) is 17.1 Å². The summed E-state index contributed by atoms with van der Waals surface area (Å²) in [6.45, 7) is 7.50. The van der Waals surface area contributed by atoms with Crippen LogP contribution in [0.25, 0.3) is 0 Å². The molecule has 6 nitrogen and oxygen atoms in total. The summed E-state index contributed by atoms with van der Waals surface area (Å²) < 4.78 is 0. The van der Waals surface area contributed by atoms with Gasteiger partial charge in [0.05, 0.1) is 22.2 Å². The van der Waals surface area contributed by atoms with E-state index in [-0.39, 0.29) is 17.6 Å². The van der Waals surface area contributed by atoms with Crippen molar-refractivity contribution in [3.63, 3.8) is 0 Å². The van der Waals surface area contributed by atoms with Crippen molar-refractivity contribution < 1.29 is 9.72 Å². The fourth-order valence-corrected chi connectivity index (χ4v) is 3.28. The normalized spacial score (nSPS) is 18.7. The zero-order valence-electron chi connectivity index (χ0n) is 14.1. The SMILES string of the molecule is CCCN1CCCCC1C(=O)Nc1c(C)ccc([N+](=O)[O-])c1C. The summed E-state index contributed by atoms with van der Waals surface area (Å²) in [4.78, 5) is 25.6. The van der Waals surface area contributed by atoms with Gasteiger partial charge in [0.2, 0.25) is 5.91 Å². The molecular weight excluding hydrogens is 294 g/mol. The summed E-state index contributed by atoms with van der Waals surface area (Å²) in [5, 5.41) is 14.0. The topological polar surface area (TPSA) is 75.5 Å².